The van der Waals surface area contributed by atoms with Crippen LogP contribution in [-0.4, -0.2) is 13.1 Å². The Hall–Kier alpha value is -1.38. The van der Waals surface area contributed by atoms with E-state index >= 15 is 0 Å². The molecule has 20 heavy (non-hydrogen) atoms. The van der Waals surface area contributed by atoms with Crippen molar-refractivity contribution in [1.82, 2.24) is 0 Å². The maximum absolute atomic E-state index is 6.10. The maximum atomic E-state index is 6.10. The fourth-order valence-corrected chi connectivity index (χ4v) is 2.31. The van der Waals surface area contributed by atoms with Gasteiger partial charge in [-0.1, -0.05) is 35.3 Å². The second-order valence-corrected chi connectivity index (χ2v) is 5.64. The first-order valence-electron chi connectivity index (χ1n) is 6.56. The van der Waals surface area contributed by atoms with Crippen LogP contribution in [0.4, 0.5) is 11.4 Å². The fourth-order valence-electron chi connectivity index (χ4n) is 1.95. The van der Waals surface area contributed by atoms with Crippen molar-refractivity contribution in [3.8, 4) is 0 Å². The minimum absolute atomic E-state index is 0.680. The molecule has 0 amide bonds. The molecule has 2 aromatic carbocycles. The first-order chi connectivity index (χ1) is 9.56. The number of benzene rings is 2. The van der Waals surface area contributed by atoms with E-state index < -0.39 is 0 Å². The molecular weight excluding hydrogens is 291 g/mol. The lowest BCUT2D eigenvalue weighted by atomic mass is 10.1. The third-order valence-electron chi connectivity index (χ3n) is 3.08. The molecule has 0 saturated carbocycles. The molecule has 0 aliphatic heterocycles. The van der Waals surface area contributed by atoms with Gasteiger partial charge in [-0.25, -0.2) is 0 Å². The molecule has 0 spiro atoms. The number of aryl methyl sites for hydroxylation is 2. The highest BCUT2D eigenvalue weighted by Crippen LogP contribution is 2.25. The van der Waals surface area contributed by atoms with Crippen LogP contribution in [0.25, 0.3) is 0 Å². The van der Waals surface area contributed by atoms with Crippen molar-refractivity contribution in [3.63, 3.8) is 0 Å². The van der Waals surface area contributed by atoms with E-state index in [1.165, 1.54) is 16.8 Å². The van der Waals surface area contributed by atoms with Gasteiger partial charge in [0.1, 0.15) is 0 Å². The van der Waals surface area contributed by atoms with E-state index in [0.29, 0.717) is 10.0 Å². The van der Waals surface area contributed by atoms with Gasteiger partial charge in [-0.2, -0.15) is 0 Å². The summed E-state index contributed by atoms with van der Waals surface area (Å²) in [6, 6.07) is 11.8. The van der Waals surface area contributed by atoms with Crippen molar-refractivity contribution in [1.29, 1.82) is 0 Å². The zero-order valence-corrected chi connectivity index (χ0v) is 13.1. The van der Waals surface area contributed by atoms with Gasteiger partial charge in [0.25, 0.3) is 0 Å². The first kappa shape index (κ1) is 15.0. The molecule has 0 bridgehead atoms. The second-order valence-electron chi connectivity index (χ2n) is 4.80. The molecule has 0 atom stereocenters. The van der Waals surface area contributed by atoms with Gasteiger partial charge in [-0.05, 0) is 49.2 Å². The van der Waals surface area contributed by atoms with Crippen molar-refractivity contribution in [2.45, 2.75) is 13.8 Å². The number of anilines is 2. The van der Waals surface area contributed by atoms with E-state index in [2.05, 4.69) is 42.7 Å². The lowest BCUT2D eigenvalue weighted by molar-refractivity contribution is 1.07. The van der Waals surface area contributed by atoms with Crippen molar-refractivity contribution in [2.75, 3.05) is 23.7 Å². The highest BCUT2D eigenvalue weighted by atomic mass is 35.5. The maximum Gasteiger partial charge on any atom is 0.0638 e. The van der Waals surface area contributed by atoms with Crippen molar-refractivity contribution in [3.05, 3.63) is 57.6 Å². The summed E-state index contributed by atoms with van der Waals surface area (Å²) in [5.41, 5.74) is 4.53. The Bertz CT molecular complexity index is 544. The molecule has 0 unspecified atom stereocenters. The Morgan fingerprint density at radius 3 is 2.30 bits per heavy atom. The van der Waals surface area contributed by atoms with E-state index in [1.807, 2.05) is 6.07 Å². The second kappa shape index (κ2) is 6.87. The largest absolute Gasteiger partial charge is 0.383 e. The van der Waals surface area contributed by atoms with Gasteiger partial charge in [0.15, 0.2) is 0 Å². The zero-order valence-electron chi connectivity index (χ0n) is 11.6. The summed E-state index contributed by atoms with van der Waals surface area (Å²) >= 11 is 12.0. The van der Waals surface area contributed by atoms with Gasteiger partial charge >= 0.3 is 0 Å². The minimum atomic E-state index is 0.680. The Balaban J connectivity index is 1.87. The molecule has 4 heteroatoms. The van der Waals surface area contributed by atoms with Gasteiger partial charge in [-0.3, -0.25) is 0 Å². The average Bonchev–Trinajstić information content (AvgIpc) is 2.42. The van der Waals surface area contributed by atoms with Gasteiger partial charge in [0, 0.05) is 23.8 Å². The van der Waals surface area contributed by atoms with Gasteiger partial charge in [-0.15, -0.1) is 0 Å². The molecule has 0 aliphatic carbocycles. The summed E-state index contributed by atoms with van der Waals surface area (Å²) < 4.78 is 0. The standard InChI is InChI=1S/C16H18Cl2N2/c1-11-3-4-12(2)15(9-11)19-7-8-20-16-10-13(17)5-6-14(16)18/h3-6,9-10,19-20H,7-8H2,1-2H3. The Kier molecular flexibility index (Phi) is 5.16. The van der Waals surface area contributed by atoms with Crippen molar-refractivity contribution in [2.24, 2.45) is 0 Å². The third kappa shape index (κ3) is 4.06. The molecule has 0 radical (unpaired) electrons. The van der Waals surface area contributed by atoms with Crippen LogP contribution in [0.2, 0.25) is 10.0 Å². The SMILES string of the molecule is Cc1ccc(C)c(NCCNc2cc(Cl)ccc2Cl)c1. The molecule has 0 heterocycles. The Labute approximate surface area is 130 Å². The summed E-state index contributed by atoms with van der Waals surface area (Å²) in [7, 11) is 0. The third-order valence-corrected chi connectivity index (χ3v) is 3.64. The summed E-state index contributed by atoms with van der Waals surface area (Å²) in [4.78, 5) is 0. The smallest absolute Gasteiger partial charge is 0.0638 e. The summed E-state index contributed by atoms with van der Waals surface area (Å²) in [5.74, 6) is 0. The Morgan fingerprint density at radius 2 is 1.55 bits per heavy atom. The molecule has 0 saturated heterocycles. The van der Waals surface area contributed by atoms with E-state index in [4.69, 9.17) is 23.2 Å². The highest BCUT2D eigenvalue weighted by molar-refractivity contribution is 6.35. The van der Waals surface area contributed by atoms with Gasteiger partial charge in [0.05, 0.1) is 10.7 Å². The van der Waals surface area contributed by atoms with Gasteiger partial charge in [0.2, 0.25) is 0 Å². The van der Waals surface area contributed by atoms with Crippen LogP contribution in [0.1, 0.15) is 11.1 Å². The lowest BCUT2D eigenvalue weighted by Gasteiger charge is -2.12. The molecule has 2 aromatic rings. The number of nitrogens with one attached hydrogen (secondary N) is 2. The predicted molar refractivity (Wildman–Crippen MR) is 89.4 cm³/mol. The summed E-state index contributed by atoms with van der Waals surface area (Å²) in [6.45, 7) is 5.78. The molecule has 106 valence electrons. The molecule has 0 aliphatic rings. The summed E-state index contributed by atoms with van der Waals surface area (Å²) in [5, 5.41) is 8.06. The molecular formula is C16H18Cl2N2. The van der Waals surface area contributed by atoms with Crippen molar-refractivity contribution >= 4 is 34.6 Å². The van der Waals surface area contributed by atoms with Crippen LogP contribution < -0.4 is 10.6 Å². The molecule has 2 N–H and O–H groups in total. The van der Waals surface area contributed by atoms with Crippen LogP contribution in [0.15, 0.2) is 36.4 Å². The van der Waals surface area contributed by atoms with E-state index in [1.54, 1.807) is 12.1 Å². The number of hydrogen-bond donors (Lipinski definition) is 2. The predicted octanol–water partition coefficient (Wildman–Crippen LogP) is 5.13. The zero-order chi connectivity index (χ0) is 14.5. The van der Waals surface area contributed by atoms with Crippen LogP contribution in [0.5, 0.6) is 0 Å². The van der Waals surface area contributed by atoms with Crippen LogP contribution in [0, 0.1) is 13.8 Å². The first-order valence-corrected chi connectivity index (χ1v) is 7.32. The molecule has 2 rings (SSSR count). The normalized spacial score (nSPS) is 10.4. The molecule has 0 aromatic heterocycles. The van der Waals surface area contributed by atoms with Crippen molar-refractivity contribution < 1.29 is 0 Å². The van der Waals surface area contributed by atoms with Crippen LogP contribution in [-0.2, 0) is 0 Å². The summed E-state index contributed by atoms with van der Waals surface area (Å²) in [6.07, 6.45) is 0. The van der Waals surface area contributed by atoms with E-state index in [9.17, 15) is 0 Å². The number of halogens is 2. The topological polar surface area (TPSA) is 24.1 Å². The van der Waals surface area contributed by atoms with Gasteiger partial charge < -0.3 is 10.6 Å². The highest BCUT2D eigenvalue weighted by Gasteiger charge is 2.01. The number of hydrogen-bond acceptors (Lipinski definition) is 2. The minimum Gasteiger partial charge on any atom is -0.383 e. The lowest BCUT2D eigenvalue weighted by Crippen LogP contribution is -2.14. The van der Waals surface area contributed by atoms with Crippen LogP contribution in [0.3, 0.4) is 0 Å². The van der Waals surface area contributed by atoms with Crippen LogP contribution >= 0.6 is 23.2 Å². The van der Waals surface area contributed by atoms with E-state index in [-0.39, 0.29) is 0 Å². The monoisotopic (exact) mass is 308 g/mol. The average molecular weight is 309 g/mol. The molecule has 0 fully saturated rings. The fraction of sp³-hybridized carbons (Fsp3) is 0.250. The number of rotatable bonds is 5. The quantitative estimate of drug-likeness (QED) is 0.748. The van der Waals surface area contributed by atoms with E-state index in [0.717, 1.165) is 18.8 Å². The molecule has 2 nitrogen and oxygen atoms in total. The Morgan fingerprint density at radius 1 is 0.850 bits per heavy atom.